The van der Waals surface area contributed by atoms with Gasteiger partial charge in [-0.05, 0) is 37.6 Å². The van der Waals surface area contributed by atoms with Crippen LogP contribution in [0.4, 0.5) is 0 Å². The fourth-order valence-electron chi connectivity index (χ4n) is 3.09. The first-order valence-electron chi connectivity index (χ1n) is 9.11. The zero-order valence-corrected chi connectivity index (χ0v) is 19.3. The molecule has 0 radical (unpaired) electrons. The summed E-state index contributed by atoms with van der Waals surface area (Å²) in [6.07, 6.45) is 0. The average molecular weight is 478 g/mol. The first kappa shape index (κ1) is 21.2. The second-order valence-electron chi connectivity index (χ2n) is 6.64. The van der Waals surface area contributed by atoms with Crippen molar-refractivity contribution in [1.82, 2.24) is 15.5 Å². The molecule has 4 aromatic rings. The Morgan fingerprint density at radius 2 is 2.03 bits per heavy atom. The maximum absolute atomic E-state index is 13.1. The summed E-state index contributed by atoms with van der Waals surface area (Å²) in [5.41, 5.74) is 2.28. The summed E-state index contributed by atoms with van der Waals surface area (Å²) in [5, 5.41) is 14.0. The molecule has 1 amide bonds. The molecule has 9 heteroatoms. The van der Waals surface area contributed by atoms with Gasteiger partial charge in [-0.2, -0.15) is 0 Å². The van der Waals surface area contributed by atoms with E-state index in [2.05, 4.69) is 15.5 Å². The van der Waals surface area contributed by atoms with Gasteiger partial charge in [0.1, 0.15) is 10.6 Å². The molecule has 5 nitrogen and oxygen atoms in total. The smallest absolute Gasteiger partial charge is 0.287 e. The second-order valence-corrected chi connectivity index (χ2v) is 9.89. The van der Waals surface area contributed by atoms with Crippen LogP contribution in [-0.4, -0.2) is 16.1 Å². The third-order valence-electron chi connectivity index (χ3n) is 4.53. The van der Waals surface area contributed by atoms with Crippen molar-refractivity contribution in [2.24, 2.45) is 0 Å². The van der Waals surface area contributed by atoms with Gasteiger partial charge in [0, 0.05) is 26.7 Å². The van der Waals surface area contributed by atoms with Crippen LogP contribution in [0.1, 0.15) is 39.7 Å². The number of benzene rings is 2. The van der Waals surface area contributed by atoms with E-state index in [0.717, 1.165) is 25.9 Å². The summed E-state index contributed by atoms with van der Waals surface area (Å²) >= 11 is 15.3. The van der Waals surface area contributed by atoms with Gasteiger partial charge in [0.25, 0.3) is 5.91 Å². The predicted octanol–water partition coefficient (Wildman–Crippen LogP) is 6.68. The van der Waals surface area contributed by atoms with Gasteiger partial charge >= 0.3 is 0 Å². The monoisotopic (exact) mass is 477 g/mol. The number of halogens is 2. The molecular formula is C21H17Cl2N3O2S2. The van der Waals surface area contributed by atoms with Crippen molar-refractivity contribution in [3.05, 3.63) is 74.4 Å². The predicted molar refractivity (Wildman–Crippen MR) is 123 cm³/mol. The molecule has 2 aromatic carbocycles. The molecule has 0 saturated carbocycles. The van der Waals surface area contributed by atoms with Gasteiger partial charge in [-0.15, -0.1) is 10.2 Å². The number of furan rings is 1. The minimum absolute atomic E-state index is 0.293. The van der Waals surface area contributed by atoms with E-state index in [1.165, 1.54) is 23.1 Å². The summed E-state index contributed by atoms with van der Waals surface area (Å²) in [5.74, 6) is 0.542. The Bertz CT molecular complexity index is 1220. The molecule has 4 rings (SSSR count). The molecule has 154 valence electrons. The molecule has 0 fully saturated rings. The molecule has 0 aliphatic rings. The van der Waals surface area contributed by atoms with Crippen LogP contribution in [0.15, 0.2) is 51.2 Å². The number of rotatable bonds is 6. The number of nitrogens with zero attached hydrogens (tertiary/aromatic N) is 2. The standard InChI is InChI=1S/C21H17Cl2N3O2S2/c1-11(14-8-7-13(22)9-17(14)23)24-20(27)19-16(10-29-21-26-25-12(2)30-21)15-5-3-4-6-18(15)28-19/h3-9,11H,10H2,1-2H3,(H,24,27). The maximum Gasteiger partial charge on any atom is 0.287 e. The molecule has 1 atom stereocenters. The number of aromatic nitrogens is 2. The number of hydrogen-bond donors (Lipinski definition) is 1. The number of amides is 1. The number of carbonyl (C=O) groups excluding carboxylic acids is 1. The zero-order valence-electron chi connectivity index (χ0n) is 16.1. The van der Waals surface area contributed by atoms with Crippen LogP contribution in [0.25, 0.3) is 11.0 Å². The van der Waals surface area contributed by atoms with Gasteiger partial charge in [-0.25, -0.2) is 0 Å². The fourth-order valence-corrected chi connectivity index (χ4v) is 5.50. The number of fused-ring (bicyclic) bond motifs is 1. The number of nitrogens with one attached hydrogen (secondary N) is 1. The molecule has 2 aromatic heterocycles. The number of carbonyl (C=O) groups is 1. The lowest BCUT2D eigenvalue weighted by Gasteiger charge is -2.15. The van der Waals surface area contributed by atoms with E-state index in [4.69, 9.17) is 27.6 Å². The topological polar surface area (TPSA) is 68.0 Å². The second kappa shape index (κ2) is 8.98. The molecular weight excluding hydrogens is 461 g/mol. The summed E-state index contributed by atoms with van der Waals surface area (Å²) in [6, 6.07) is 12.5. The average Bonchev–Trinajstić information content (AvgIpc) is 3.29. The third kappa shape index (κ3) is 4.49. The Balaban J connectivity index is 1.61. The van der Waals surface area contributed by atoms with Crippen molar-refractivity contribution < 1.29 is 9.21 Å². The van der Waals surface area contributed by atoms with Crippen LogP contribution < -0.4 is 5.32 Å². The SMILES string of the molecule is Cc1nnc(SCc2c(C(=O)NC(C)c3ccc(Cl)cc3Cl)oc3ccccc23)s1. The van der Waals surface area contributed by atoms with Gasteiger partial charge in [0.05, 0.1) is 6.04 Å². The van der Waals surface area contributed by atoms with E-state index >= 15 is 0 Å². The van der Waals surface area contributed by atoms with E-state index in [-0.39, 0.29) is 11.9 Å². The van der Waals surface area contributed by atoms with Crippen molar-refractivity contribution in [3.63, 3.8) is 0 Å². The minimum atomic E-state index is -0.318. The highest BCUT2D eigenvalue weighted by atomic mass is 35.5. The molecule has 0 spiro atoms. The van der Waals surface area contributed by atoms with Crippen LogP contribution in [0, 0.1) is 6.92 Å². The Labute approximate surface area is 191 Å². The van der Waals surface area contributed by atoms with Crippen LogP contribution in [0.3, 0.4) is 0 Å². The zero-order chi connectivity index (χ0) is 21.3. The Kier molecular flexibility index (Phi) is 6.34. The van der Waals surface area contributed by atoms with Crippen molar-refractivity contribution in [2.75, 3.05) is 0 Å². The summed E-state index contributed by atoms with van der Waals surface area (Å²) in [7, 11) is 0. The fraction of sp³-hybridized carbons (Fsp3) is 0.190. The largest absolute Gasteiger partial charge is 0.451 e. The van der Waals surface area contributed by atoms with E-state index < -0.39 is 0 Å². The van der Waals surface area contributed by atoms with Gasteiger partial charge in [-0.1, -0.05) is 70.6 Å². The molecule has 2 heterocycles. The normalized spacial score (nSPS) is 12.3. The first-order chi connectivity index (χ1) is 14.4. The van der Waals surface area contributed by atoms with Crippen LogP contribution in [0.5, 0.6) is 0 Å². The maximum atomic E-state index is 13.1. The number of aryl methyl sites for hydroxylation is 1. The molecule has 1 unspecified atom stereocenters. The van der Waals surface area contributed by atoms with Gasteiger partial charge < -0.3 is 9.73 Å². The van der Waals surface area contributed by atoms with Crippen LogP contribution >= 0.6 is 46.3 Å². The Morgan fingerprint density at radius 3 is 2.77 bits per heavy atom. The molecule has 0 saturated heterocycles. The molecule has 30 heavy (non-hydrogen) atoms. The minimum Gasteiger partial charge on any atom is -0.451 e. The highest BCUT2D eigenvalue weighted by molar-refractivity contribution is 8.00. The van der Waals surface area contributed by atoms with Crippen LogP contribution in [-0.2, 0) is 5.75 Å². The quantitative estimate of drug-likeness (QED) is 0.313. The lowest BCUT2D eigenvalue weighted by atomic mass is 10.1. The van der Waals surface area contributed by atoms with E-state index in [9.17, 15) is 4.79 Å². The number of hydrogen-bond acceptors (Lipinski definition) is 6. The van der Waals surface area contributed by atoms with Gasteiger partial charge in [0.2, 0.25) is 0 Å². The summed E-state index contributed by atoms with van der Waals surface area (Å²) in [6.45, 7) is 3.78. The molecule has 0 aliphatic heterocycles. The molecule has 0 aliphatic carbocycles. The van der Waals surface area contributed by atoms with E-state index in [0.29, 0.717) is 27.1 Å². The first-order valence-corrected chi connectivity index (χ1v) is 11.7. The molecule has 0 bridgehead atoms. The van der Waals surface area contributed by atoms with Gasteiger partial charge in [0.15, 0.2) is 10.1 Å². The number of para-hydroxylation sites is 1. The van der Waals surface area contributed by atoms with Crippen molar-refractivity contribution in [2.45, 2.75) is 30.0 Å². The highest BCUT2D eigenvalue weighted by Gasteiger charge is 2.23. The number of thioether (sulfide) groups is 1. The lowest BCUT2D eigenvalue weighted by Crippen LogP contribution is -2.27. The van der Waals surface area contributed by atoms with Crippen molar-refractivity contribution >= 4 is 63.2 Å². The Morgan fingerprint density at radius 1 is 1.23 bits per heavy atom. The summed E-state index contributed by atoms with van der Waals surface area (Å²) < 4.78 is 6.78. The van der Waals surface area contributed by atoms with Crippen LogP contribution in [0.2, 0.25) is 10.0 Å². The van der Waals surface area contributed by atoms with Crippen molar-refractivity contribution in [1.29, 1.82) is 0 Å². The highest BCUT2D eigenvalue weighted by Crippen LogP contribution is 2.34. The van der Waals surface area contributed by atoms with Gasteiger partial charge in [-0.3, -0.25) is 4.79 Å². The van der Waals surface area contributed by atoms with E-state index in [1.54, 1.807) is 12.1 Å². The third-order valence-corrected chi connectivity index (χ3v) is 7.09. The van der Waals surface area contributed by atoms with E-state index in [1.807, 2.05) is 44.2 Å². The lowest BCUT2D eigenvalue weighted by molar-refractivity contribution is 0.0913. The Hall–Kier alpha value is -2.06. The van der Waals surface area contributed by atoms with Crippen molar-refractivity contribution in [3.8, 4) is 0 Å². The summed E-state index contributed by atoms with van der Waals surface area (Å²) in [4.78, 5) is 13.1. The molecule has 1 N–H and O–H groups in total.